The summed E-state index contributed by atoms with van der Waals surface area (Å²) in [5.74, 6) is -1.07. The molecule has 0 amide bonds. The second-order valence-electron chi connectivity index (χ2n) is 5.05. The van der Waals surface area contributed by atoms with Crippen molar-refractivity contribution in [3.8, 4) is 5.75 Å². The second kappa shape index (κ2) is 5.14. The number of hydrogen-bond acceptors (Lipinski definition) is 4. The summed E-state index contributed by atoms with van der Waals surface area (Å²) in [6.45, 7) is 1.58. The zero-order chi connectivity index (χ0) is 15.9. The van der Waals surface area contributed by atoms with Crippen LogP contribution in [-0.2, 0) is 4.79 Å². The van der Waals surface area contributed by atoms with Crippen molar-refractivity contribution < 1.29 is 14.6 Å². The van der Waals surface area contributed by atoms with Gasteiger partial charge in [0.25, 0.3) is 5.56 Å². The number of carbonyl (C=O) groups is 1. The van der Waals surface area contributed by atoms with Crippen LogP contribution < -0.4 is 10.3 Å². The molecule has 0 aliphatic heterocycles. The van der Waals surface area contributed by atoms with Gasteiger partial charge in [0, 0.05) is 6.20 Å². The molecule has 0 fully saturated rings. The van der Waals surface area contributed by atoms with Gasteiger partial charge in [-0.1, -0.05) is 6.07 Å². The van der Waals surface area contributed by atoms with Crippen LogP contribution in [0.3, 0.4) is 0 Å². The van der Waals surface area contributed by atoms with E-state index in [9.17, 15) is 9.59 Å². The smallest absolute Gasteiger partial charge is 0.310 e. The van der Waals surface area contributed by atoms with E-state index in [1.807, 2.05) is 0 Å². The van der Waals surface area contributed by atoms with Gasteiger partial charge in [0.1, 0.15) is 11.4 Å². The van der Waals surface area contributed by atoms with Crippen molar-refractivity contribution in [2.75, 3.05) is 7.11 Å². The minimum absolute atomic E-state index is 0.252. The van der Waals surface area contributed by atoms with Crippen LogP contribution in [0.2, 0.25) is 0 Å². The number of carboxylic acid groups (broad SMARTS) is 1. The van der Waals surface area contributed by atoms with Gasteiger partial charge in [-0.25, -0.2) is 4.98 Å². The average Bonchev–Trinajstić information content (AvgIpc) is 2.53. The number of benzene rings is 1. The number of ether oxygens (including phenoxy) is 1. The Morgan fingerprint density at radius 1 is 1.32 bits per heavy atom. The van der Waals surface area contributed by atoms with Gasteiger partial charge in [-0.3, -0.25) is 14.0 Å². The van der Waals surface area contributed by atoms with Crippen molar-refractivity contribution in [1.29, 1.82) is 0 Å². The molecular weight excluding hydrogens is 284 g/mol. The molecule has 1 aromatic carbocycles. The van der Waals surface area contributed by atoms with Crippen molar-refractivity contribution in [3.63, 3.8) is 0 Å². The van der Waals surface area contributed by atoms with E-state index in [0.29, 0.717) is 27.9 Å². The lowest BCUT2D eigenvalue weighted by Gasteiger charge is -2.09. The number of hydrogen-bond donors (Lipinski definition) is 1. The van der Waals surface area contributed by atoms with Gasteiger partial charge >= 0.3 is 5.97 Å². The van der Waals surface area contributed by atoms with Gasteiger partial charge in [0.05, 0.1) is 23.9 Å². The molecule has 1 unspecified atom stereocenters. The van der Waals surface area contributed by atoms with Crippen LogP contribution in [0, 0.1) is 0 Å². The van der Waals surface area contributed by atoms with E-state index in [1.165, 1.54) is 17.7 Å². The van der Waals surface area contributed by atoms with E-state index >= 15 is 0 Å². The molecular formula is C16H14N2O4. The molecule has 3 rings (SSSR count). The lowest BCUT2D eigenvalue weighted by Crippen LogP contribution is -2.17. The molecule has 0 saturated carbocycles. The van der Waals surface area contributed by atoms with Crippen LogP contribution >= 0.6 is 0 Å². The highest BCUT2D eigenvalue weighted by atomic mass is 16.5. The van der Waals surface area contributed by atoms with Crippen LogP contribution in [0.1, 0.15) is 18.4 Å². The minimum atomic E-state index is -0.942. The van der Waals surface area contributed by atoms with Crippen LogP contribution in [0.25, 0.3) is 16.6 Å². The molecule has 0 saturated heterocycles. The Morgan fingerprint density at radius 3 is 2.77 bits per heavy atom. The van der Waals surface area contributed by atoms with Gasteiger partial charge in [-0.2, -0.15) is 0 Å². The number of fused-ring (bicyclic) bond motifs is 2. The monoisotopic (exact) mass is 298 g/mol. The van der Waals surface area contributed by atoms with Gasteiger partial charge < -0.3 is 9.84 Å². The maximum Gasteiger partial charge on any atom is 0.310 e. The summed E-state index contributed by atoms with van der Waals surface area (Å²) in [5, 5.41) is 9.53. The Morgan fingerprint density at radius 2 is 2.09 bits per heavy atom. The molecule has 6 heteroatoms. The van der Waals surface area contributed by atoms with Crippen LogP contribution in [0.4, 0.5) is 0 Å². The first-order valence-corrected chi connectivity index (χ1v) is 6.74. The van der Waals surface area contributed by atoms with Gasteiger partial charge in [0.2, 0.25) is 0 Å². The van der Waals surface area contributed by atoms with E-state index in [0.717, 1.165) is 0 Å². The lowest BCUT2D eigenvalue weighted by atomic mass is 10.0. The number of methoxy groups -OCH3 is 1. The number of aromatic nitrogens is 2. The highest BCUT2D eigenvalue weighted by Gasteiger charge is 2.15. The van der Waals surface area contributed by atoms with E-state index < -0.39 is 11.9 Å². The fourth-order valence-corrected chi connectivity index (χ4v) is 2.33. The van der Waals surface area contributed by atoms with Gasteiger partial charge in [-0.05, 0) is 36.8 Å². The number of nitrogens with zero attached hydrogens (tertiary/aromatic N) is 2. The zero-order valence-corrected chi connectivity index (χ0v) is 12.1. The molecule has 0 aliphatic rings. The summed E-state index contributed by atoms with van der Waals surface area (Å²) in [5.41, 5.74) is 1.35. The largest absolute Gasteiger partial charge is 0.497 e. The Hall–Kier alpha value is -2.89. The summed E-state index contributed by atoms with van der Waals surface area (Å²) in [4.78, 5) is 28.1. The first-order chi connectivity index (χ1) is 10.5. The average molecular weight is 298 g/mol. The van der Waals surface area contributed by atoms with Crippen LogP contribution in [0.5, 0.6) is 5.75 Å². The van der Waals surface area contributed by atoms with Crippen molar-refractivity contribution in [1.82, 2.24) is 9.38 Å². The third kappa shape index (κ3) is 2.18. The second-order valence-corrected chi connectivity index (χ2v) is 5.05. The lowest BCUT2D eigenvalue weighted by molar-refractivity contribution is -0.138. The Balaban J connectivity index is 2.31. The predicted molar refractivity (Wildman–Crippen MR) is 81.6 cm³/mol. The minimum Gasteiger partial charge on any atom is -0.497 e. The molecule has 1 atom stereocenters. The number of aliphatic carboxylic acids is 1. The van der Waals surface area contributed by atoms with E-state index in [-0.39, 0.29) is 5.56 Å². The van der Waals surface area contributed by atoms with Crippen LogP contribution in [0.15, 0.2) is 41.3 Å². The molecule has 22 heavy (non-hydrogen) atoms. The van der Waals surface area contributed by atoms with Crippen molar-refractivity contribution >= 4 is 22.5 Å². The molecule has 0 spiro atoms. The zero-order valence-electron chi connectivity index (χ0n) is 12.1. The summed E-state index contributed by atoms with van der Waals surface area (Å²) < 4.78 is 6.50. The summed E-state index contributed by atoms with van der Waals surface area (Å²) in [7, 11) is 1.53. The molecule has 0 radical (unpaired) electrons. The quantitative estimate of drug-likeness (QED) is 0.748. The van der Waals surface area contributed by atoms with Crippen molar-refractivity contribution in [3.05, 3.63) is 52.4 Å². The standard InChI is InChI=1S/C16H14N2O4/c1-9(16(20)21)10-3-6-14-17-13-5-4-11(22-2)7-12(13)15(19)18(14)8-10/h3-9H,1-2H3,(H,20,21). The molecule has 0 aliphatic carbocycles. The first-order valence-electron chi connectivity index (χ1n) is 6.74. The predicted octanol–water partition coefficient (Wildman–Crippen LogP) is 2.04. The fourth-order valence-electron chi connectivity index (χ4n) is 2.33. The molecule has 112 valence electrons. The van der Waals surface area contributed by atoms with Gasteiger partial charge in [0.15, 0.2) is 0 Å². The molecule has 2 heterocycles. The van der Waals surface area contributed by atoms with E-state index in [4.69, 9.17) is 9.84 Å². The summed E-state index contributed by atoms with van der Waals surface area (Å²) in [6.07, 6.45) is 1.53. The summed E-state index contributed by atoms with van der Waals surface area (Å²) >= 11 is 0. The van der Waals surface area contributed by atoms with E-state index in [2.05, 4.69) is 4.98 Å². The topological polar surface area (TPSA) is 80.9 Å². The first kappa shape index (κ1) is 14.1. The Bertz CT molecular complexity index is 946. The molecule has 2 aromatic heterocycles. The van der Waals surface area contributed by atoms with Crippen LogP contribution in [-0.4, -0.2) is 27.6 Å². The molecule has 0 bridgehead atoms. The third-order valence-electron chi connectivity index (χ3n) is 3.71. The maximum atomic E-state index is 12.6. The Kier molecular flexibility index (Phi) is 3.29. The summed E-state index contributed by atoms with van der Waals surface area (Å²) in [6, 6.07) is 8.43. The third-order valence-corrected chi connectivity index (χ3v) is 3.71. The SMILES string of the molecule is COc1ccc2nc3ccc(C(C)C(=O)O)cn3c(=O)c2c1. The fraction of sp³-hybridized carbons (Fsp3) is 0.188. The highest BCUT2D eigenvalue weighted by molar-refractivity contribution is 5.81. The normalized spacial score (nSPS) is 12.5. The maximum absolute atomic E-state index is 12.6. The highest BCUT2D eigenvalue weighted by Crippen LogP contribution is 2.19. The molecule has 6 nitrogen and oxygen atoms in total. The van der Waals surface area contributed by atoms with Gasteiger partial charge in [-0.15, -0.1) is 0 Å². The number of rotatable bonds is 3. The van der Waals surface area contributed by atoms with Crippen molar-refractivity contribution in [2.45, 2.75) is 12.8 Å². The Labute approximate surface area is 125 Å². The van der Waals surface area contributed by atoms with E-state index in [1.54, 1.807) is 37.3 Å². The molecule has 1 N–H and O–H groups in total. The van der Waals surface area contributed by atoms with Crippen molar-refractivity contribution in [2.24, 2.45) is 0 Å². The number of carboxylic acids is 1. The number of pyridine rings is 1. The molecule has 3 aromatic rings.